The molecule has 1 aliphatic heterocycles. The van der Waals surface area contributed by atoms with Crippen LogP contribution >= 0.6 is 0 Å². The highest BCUT2D eigenvalue weighted by atomic mass is 19.1. The molecule has 1 heterocycles. The van der Waals surface area contributed by atoms with Crippen LogP contribution in [0.1, 0.15) is 41.7 Å². The Labute approximate surface area is 214 Å². The predicted molar refractivity (Wildman–Crippen MR) is 138 cm³/mol. The lowest BCUT2D eigenvalue weighted by Crippen LogP contribution is -2.55. The number of carbonyl (C=O) groups is 1. The molecule has 0 unspecified atom stereocenters. The highest BCUT2D eigenvalue weighted by Crippen LogP contribution is 2.46. The first-order valence-electron chi connectivity index (χ1n) is 12.3. The van der Waals surface area contributed by atoms with Crippen molar-refractivity contribution < 1.29 is 23.4 Å². The van der Waals surface area contributed by atoms with Crippen LogP contribution in [0.2, 0.25) is 0 Å². The van der Waals surface area contributed by atoms with E-state index in [0.29, 0.717) is 30.7 Å². The van der Waals surface area contributed by atoms with Crippen LogP contribution in [0.25, 0.3) is 0 Å². The minimum Gasteiger partial charge on any atom is -0.489 e. The molecule has 5 rings (SSSR count). The summed E-state index contributed by atoms with van der Waals surface area (Å²) in [6.07, 6.45) is 0.00255. The summed E-state index contributed by atoms with van der Waals surface area (Å²) < 4.78 is 32.7. The molecule has 0 bridgehead atoms. The van der Waals surface area contributed by atoms with E-state index in [2.05, 4.69) is 0 Å². The summed E-state index contributed by atoms with van der Waals surface area (Å²) in [6.45, 7) is 0.452. The molecule has 1 aliphatic rings. The lowest BCUT2D eigenvalue weighted by molar-refractivity contribution is -0.131. The molecular formula is C31H27F2NO3. The van der Waals surface area contributed by atoms with Crippen molar-refractivity contribution in [3.63, 3.8) is 0 Å². The largest absolute Gasteiger partial charge is 0.489 e. The number of halogens is 2. The van der Waals surface area contributed by atoms with Gasteiger partial charge in [0, 0.05) is 5.69 Å². The van der Waals surface area contributed by atoms with Crippen LogP contribution < -0.4 is 9.64 Å². The zero-order chi connectivity index (χ0) is 25.8. The average Bonchev–Trinajstić information content (AvgIpc) is 2.93. The topological polar surface area (TPSA) is 49.8 Å². The molecule has 1 fully saturated rings. The quantitative estimate of drug-likeness (QED) is 0.259. The molecule has 0 radical (unpaired) electrons. The molecule has 4 nitrogen and oxygen atoms in total. The Hall–Kier alpha value is -4.03. The van der Waals surface area contributed by atoms with E-state index in [9.17, 15) is 18.7 Å². The molecule has 1 saturated heterocycles. The molecule has 6 heteroatoms. The zero-order valence-corrected chi connectivity index (χ0v) is 20.1. The molecule has 1 N–H and O–H groups in total. The van der Waals surface area contributed by atoms with Gasteiger partial charge >= 0.3 is 0 Å². The fourth-order valence-corrected chi connectivity index (χ4v) is 4.79. The average molecular weight is 500 g/mol. The summed E-state index contributed by atoms with van der Waals surface area (Å²) in [7, 11) is 0. The summed E-state index contributed by atoms with van der Waals surface area (Å²) in [4.78, 5) is 14.9. The van der Waals surface area contributed by atoms with Crippen molar-refractivity contribution in [2.24, 2.45) is 5.92 Å². The number of hydrogen-bond acceptors (Lipinski definition) is 3. The first-order valence-corrected chi connectivity index (χ1v) is 12.3. The molecular weight excluding hydrogens is 472 g/mol. The molecule has 3 atom stereocenters. The van der Waals surface area contributed by atoms with E-state index in [1.165, 1.54) is 24.3 Å². The Morgan fingerprint density at radius 1 is 0.811 bits per heavy atom. The number of hydrogen-bond donors (Lipinski definition) is 1. The number of aliphatic hydroxyl groups is 1. The number of β-lactam (4-membered cyclic amide) rings is 1. The third-order valence-electron chi connectivity index (χ3n) is 6.79. The zero-order valence-electron chi connectivity index (χ0n) is 20.1. The highest BCUT2D eigenvalue weighted by Gasteiger charge is 2.48. The van der Waals surface area contributed by atoms with Crippen LogP contribution in [0.15, 0.2) is 103 Å². The van der Waals surface area contributed by atoms with E-state index in [0.717, 1.165) is 16.9 Å². The molecule has 0 spiro atoms. The van der Waals surface area contributed by atoms with Crippen LogP contribution in [0, 0.1) is 17.6 Å². The van der Waals surface area contributed by atoms with E-state index >= 15 is 0 Å². The number of anilines is 1. The van der Waals surface area contributed by atoms with Crippen LogP contribution in [0.4, 0.5) is 14.5 Å². The van der Waals surface area contributed by atoms with Crippen molar-refractivity contribution in [2.45, 2.75) is 31.6 Å². The molecule has 0 aliphatic carbocycles. The van der Waals surface area contributed by atoms with Gasteiger partial charge in [-0.15, -0.1) is 0 Å². The number of amides is 1. The maximum atomic E-state index is 13.5. The van der Waals surface area contributed by atoms with E-state index in [-0.39, 0.29) is 29.5 Å². The minimum atomic E-state index is -0.803. The van der Waals surface area contributed by atoms with E-state index < -0.39 is 6.10 Å². The van der Waals surface area contributed by atoms with Crippen LogP contribution in [-0.4, -0.2) is 11.0 Å². The van der Waals surface area contributed by atoms with Gasteiger partial charge in [0.25, 0.3) is 0 Å². The van der Waals surface area contributed by atoms with Gasteiger partial charge in [0.05, 0.1) is 18.1 Å². The number of nitrogens with zero attached hydrogens (tertiary/aromatic N) is 1. The molecule has 4 aromatic rings. The summed E-state index contributed by atoms with van der Waals surface area (Å²) in [5, 5.41) is 10.6. The third-order valence-corrected chi connectivity index (χ3v) is 6.79. The van der Waals surface area contributed by atoms with Crippen molar-refractivity contribution in [2.75, 3.05) is 4.90 Å². The molecule has 1 amide bonds. The number of rotatable bonds is 9. The summed E-state index contributed by atoms with van der Waals surface area (Å²) in [5.74, 6) is -0.443. The van der Waals surface area contributed by atoms with Gasteiger partial charge in [0.1, 0.15) is 24.0 Å². The van der Waals surface area contributed by atoms with Crippen molar-refractivity contribution in [3.8, 4) is 5.75 Å². The smallest absolute Gasteiger partial charge is 0.233 e. The fourth-order valence-electron chi connectivity index (χ4n) is 4.79. The van der Waals surface area contributed by atoms with Gasteiger partial charge in [-0.1, -0.05) is 54.6 Å². The molecule has 0 aromatic heterocycles. The van der Waals surface area contributed by atoms with Gasteiger partial charge in [-0.05, 0) is 78.1 Å². The van der Waals surface area contributed by atoms with Crippen LogP contribution in [0.3, 0.4) is 0 Å². The SMILES string of the molecule is O=C1[C@H](CC[C@@H](O)c2ccc(F)cc2)[C@H](c2ccc(OCc3ccccc3)cc2)N1c1ccc(F)cc1. The Kier molecular flexibility index (Phi) is 7.28. The van der Waals surface area contributed by atoms with E-state index in [1.54, 1.807) is 29.2 Å². The van der Waals surface area contributed by atoms with Gasteiger partial charge in [-0.25, -0.2) is 8.78 Å². The van der Waals surface area contributed by atoms with Gasteiger partial charge in [0.2, 0.25) is 5.91 Å². The molecule has 188 valence electrons. The second kappa shape index (κ2) is 10.9. The van der Waals surface area contributed by atoms with E-state index in [4.69, 9.17) is 4.74 Å². The summed E-state index contributed by atoms with van der Waals surface area (Å²) in [6, 6.07) is 28.9. The van der Waals surface area contributed by atoms with Crippen molar-refractivity contribution in [1.29, 1.82) is 0 Å². The Balaban J connectivity index is 1.32. The second-order valence-electron chi connectivity index (χ2n) is 9.22. The number of ether oxygens (including phenoxy) is 1. The maximum absolute atomic E-state index is 13.5. The van der Waals surface area contributed by atoms with Crippen molar-refractivity contribution in [3.05, 3.63) is 131 Å². The number of benzene rings is 4. The van der Waals surface area contributed by atoms with Crippen molar-refractivity contribution >= 4 is 11.6 Å². The lowest BCUT2D eigenvalue weighted by atomic mass is 9.78. The normalized spacial score (nSPS) is 17.8. The molecule has 4 aromatic carbocycles. The number of carbonyl (C=O) groups excluding carboxylic acids is 1. The molecule has 37 heavy (non-hydrogen) atoms. The van der Waals surface area contributed by atoms with E-state index in [1.807, 2.05) is 54.6 Å². The van der Waals surface area contributed by atoms with Gasteiger partial charge in [-0.3, -0.25) is 4.79 Å². The number of aliphatic hydroxyl groups excluding tert-OH is 1. The van der Waals surface area contributed by atoms with Gasteiger partial charge < -0.3 is 14.7 Å². The first-order chi connectivity index (χ1) is 18.0. The highest BCUT2D eigenvalue weighted by molar-refractivity contribution is 6.03. The van der Waals surface area contributed by atoms with Gasteiger partial charge in [-0.2, -0.15) is 0 Å². The second-order valence-corrected chi connectivity index (χ2v) is 9.22. The Bertz CT molecular complexity index is 1330. The monoisotopic (exact) mass is 499 g/mol. The van der Waals surface area contributed by atoms with Crippen molar-refractivity contribution in [1.82, 2.24) is 0 Å². The van der Waals surface area contributed by atoms with Crippen LogP contribution in [0.5, 0.6) is 5.75 Å². The first kappa shape index (κ1) is 24.7. The Morgan fingerprint density at radius 2 is 1.43 bits per heavy atom. The predicted octanol–water partition coefficient (Wildman–Crippen LogP) is 6.76. The maximum Gasteiger partial charge on any atom is 0.233 e. The Morgan fingerprint density at radius 3 is 2.08 bits per heavy atom. The fraction of sp³-hybridized carbons (Fsp3) is 0.194. The standard InChI is InChI=1S/C31H27F2NO3/c32-24-10-6-22(7-11-24)29(35)19-18-28-30(34(31(28)36)26-14-12-25(33)13-15-26)23-8-16-27(17-9-23)37-20-21-4-2-1-3-5-21/h1-17,28-30,35H,18-20H2/t28-,29-,30+/m1/s1. The lowest BCUT2D eigenvalue weighted by Gasteiger charge is -2.48. The summed E-state index contributed by atoms with van der Waals surface area (Å²) in [5.41, 5.74) is 3.23. The molecule has 0 saturated carbocycles. The van der Waals surface area contributed by atoms with Crippen LogP contribution in [-0.2, 0) is 11.4 Å². The minimum absolute atomic E-state index is 0.0766. The summed E-state index contributed by atoms with van der Waals surface area (Å²) >= 11 is 0. The van der Waals surface area contributed by atoms with Gasteiger partial charge in [0.15, 0.2) is 0 Å². The third kappa shape index (κ3) is 5.54.